The number of hydrogen-bond acceptors (Lipinski definition) is 3. The summed E-state index contributed by atoms with van der Waals surface area (Å²) in [7, 11) is 0. The summed E-state index contributed by atoms with van der Waals surface area (Å²) < 4.78 is 0. The van der Waals surface area contributed by atoms with Crippen LogP contribution in [0.1, 0.15) is 0 Å². The Labute approximate surface area is 116 Å². The predicted octanol–water partition coefficient (Wildman–Crippen LogP) is 1.94. The number of benzene rings is 2. The van der Waals surface area contributed by atoms with Crippen LogP contribution in [0.2, 0.25) is 0 Å². The molecule has 1 aliphatic heterocycles. The van der Waals surface area contributed by atoms with Crippen molar-refractivity contribution in [2.75, 3.05) is 9.80 Å². The van der Waals surface area contributed by atoms with E-state index in [0.717, 1.165) is 4.90 Å². The standard InChI is InChI=1S/C15H13N3O2/c16-13-14(19)18(12-9-5-2-6-10-12)15(20)17(13)11-7-3-1-4-8-11/h1-10,13H,16H2. The first-order valence-corrected chi connectivity index (χ1v) is 6.23. The normalized spacial score (nSPS) is 18.8. The van der Waals surface area contributed by atoms with Crippen LogP contribution in [0.25, 0.3) is 0 Å². The predicted molar refractivity (Wildman–Crippen MR) is 76.2 cm³/mol. The first-order valence-electron chi connectivity index (χ1n) is 6.23. The highest BCUT2D eigenvalue weighted by Gasteiger charge is 2.44. The molecule has 20 heavy (non-hydrogen) atoms. The topological polar surface area (TPSA) is 66.6 Å². The molecule has 0 aromatic heterocycles. The van der Waals surface area contributed by atoms with Crippen LogP contribution in [0.3, 0.4) is 0 Å². The van der Waals surface area contributed by atoms with Gasteiger partial charge in [0.25, 0.3) is 5.91 Å². The largest absolute Gasteiger partial charge is 0.337 e. The Kier molecular flexibility index (Phi) is 2.96. The lowest BCUT2D eigenvalue weighted by Gasteiger charge is -2.18. The molecule has 2 aromatic carbocycles. The second kappa shape index (κ2) is 4.79. The van der Waals surface area contributed by atoms with E-state index in [0.29, 0.717) is 11.4 Å². The smallest absolute Gasteiger partial charge is 0.303 e. The maximum Gasteiger partial charge on any atom is 0.337 e. The molecule has 2 N–H and O–H groups in total. The molecule has 1 saturated heterocycles. The maximum atomic E-state index is 12.5. The summed E-state index contributed by atoms with van der Waals surface area (Å²) >= 11 is 0. The summed E-state index contributed by atoms with van der Waals surface area (Å²) in [6.07, 6.45) is -0.995. The molecule has 3 rings (SSSR count). The molecule has 1 fully saturated rings. The number of imide groups is 1. The molecule has 3 amide bonds. The van der Waals surface area contributed by atoms with Crippen LogP contribution in [-0.2, 0) is 4.79 Å². The molecule has 0 spiro atoms. The Hall–Kier alpha value is -2.66. The van der Waals surface area contributed by atoms with Crippen molar-refractivity contribution in [1.82, 2.24) is 0 Å². The molecule has 2 aromatic rings. The van der Waals surface area contributed by atoms with Crippen molar-refractivity contribution in [1.29, 1.82) is 0 Å². The molecule has 0 bridgehead atoms. The molecule has 1 atom stereocenters. The zero-order valence-corrected chi connectivity index (χ0v) is 10.6. The SMILES string of the molecule is NC1C(=O)N(c2ccccc2)C(=O)N1c1ccccc1. The van der Waals surface area contributed by atoms with E-state index in [-0.39, 0.29) is 0 Å². The minimum absolute atomic E-state index is 0.426. The van der Waals surface area contributed by atoms with E-state index in [9.17, 15) is 9.59 Å². The molecular formula is C15H13N3O2. The zero-order valence-electron chi connectivity index (χ0n) is 10.6. The quantitative estimate of drug-likeness (QED) is 0.846. The van der Waals surface area contributed by atoms with Crippen molar-refractivity contribution in [3.05, 3.63) is 60.7 Å². The van der Waals surface area contributed by atoms with Crippen molar-refractivity contribution in [2.45, 2.75) is 6.17 Å². The van der Waals surface area contributed by atoms with Gasteiger partial charge < -0.3 is 5.73 Å². The van der Waals surface area contributed by atoms with E-state index < -0.39 is 18.1 Å². The second-order valence-corrected chi connectivity index (χ2v) is 4.44. The molecule has 0 saturated carbocycles. The molecule has 1 heterocycles. The fourth-order valence-electron chi connectivity index (χ4n) is 2.24. The number of carbonyl (C=O) groups is 2. The Morgan fingerprint density at radius 1 is 0.800 bits per heavy atom. The summed E-state index contributed by atoms with van der Waals surface area (Å²) in [6.45, 7) is 0. The number of nitrogens with two attached hydrogens (primary N) is 1. The van der Waals surface area contributed by atoms with Crippen LogP contribution < -0.4 is 15.5 Å². The zero-order chi connectivity index (χ0) is 14.1. The van der Waals surface area contributed by atoms with E-state index in [1.165, 1.54) is 4.90 Å². The van der Waals surface area contributed by atoms with E-state index in [1.807, 2.05) is 12.1 Å². The minimum Gasteiger partial charge on any atom is -0.303 e. The van der Waals surface area contributed by atoms with Gasteiger partial charge in [-0.1, -0.05) is 36.4 Å². The highest BCUT2D eigenvalue weighted by molar-refractivity contribution is 6.28. The third-order valence-electron chi connectivity index (χ3n) is 3.20. The van der Waals surface area contributed by atoms with Crippen molar-refractivity contribution in [2.24, 2.45) is 5.73 Å². The Morgan fingerprint density at radius 3 is 1.85 bits per heavy atom. The number of anilines is 2. The molecule has 1 aliphatic rings. The number of rotatable bonds is 2. The van der Waals surface area contributed by atoms with Crippen molar-refractivity contribution in [3.63, 3.8) is 0 Å². The number of carbonyl (C=O) groups excluding carboxylic acids is 2. The van der Waals surface area contributed by atoms with Gasteiger partial charge in [0.1, 0.15) is 0 Å². The molecule has 0 radical (unpaired) electrons. The van der Waals surface area contributed by atoms with Crippen LogP contribution in [-0.4, -0.2) is 18.1 Å². The highest BCUT2D eigenvalue weighted by atomic mass is 16.2. The lowest BCUT2D eigenvalue weighted by atomic mass is 10.3. The van der Waals surface area contributed by atoms with Gasteiger partial charge in [-0.25, -0.2) is 9.69 Å². The van der Waals surface area contributed by atoms with Gasteiger partial charge in [-0.2, -0.15) is 0 Å². The fraction of sp³-hybridized carbons (Fsp3) is 0.0667. The van der Waals surface area contributed by atoms with Crippen LogP contribution in [0.15, 0.2) is 60.7 Å². The summed E-state index contributed by atoms with van der Waals surface area (Å²) in [5.41, 5.74) is 7.02. The number of urea groups is 1. The summed E-state index contributed by atoms with van der Waals surface area (Å²) in [6, 6.07) is 17.3. The Bertz CT molecular complexity index is 643. The van der Waals surface area contributed by atoms with Crippen LogP contribution >= 0.6 is 0 Å². The van der Waals surface area contributed by atoms with Gasteiger partial charge in [-0.3, -0.25) is 9.69 Å². The van der Waals surface area contributed by atoms with Gasteiger partial charge >= 0.3 is 6.03 Å². The number of hydrogen-bond donors (Lipinski definition) is 1. The van der Waals surface area contributed by atoms with E-state index in [2.05, 4.69) is 0 Å². The summed E-state index contributed by atoms with van der Waals surface area (Å²) in [5, 5.41) is 0. The average Bonchev–Trinajstić information content (AvgIpc) is 2.71. The van der Waals surface area contributed by atoms with Gasteiger partial charge in [0.15, 0.2) is 6.17 Å². The van der Waals surface area contributed by atoms with Gasteiger partial charge in [0, 0.05) is 5.69 Å². The Balaban J connectivity index is 2.01. The van der Waals surface area contributed by atoms with Crippen molar-refractivity contribution in [3.8, 4) is 0 Å². The first kappa shape index (κ1) is 12.4. The van der Waals surface area contributed by atoms with E-state index in [1.54, 1.807) is 48.5 Å². The second-order valence-electron chi connectivity index (χ2n) is 4.44. The van der Waals surface area contributed by atoms with Crippen molar-refractivity contribution < 1.29 is 9.59 Å². The van der Waals surface area contributed by atoms with Gasteiger partial charge in [-0.05, 0) is 24.3 Å². The molecular weight excluding hydrogens is 254 g/mol. The molecule has 100 valence electrons. The lowest BCUT2D eigenvalue weighted by Crippen LogP contribution is -2.42. The highest BCUT2D eigenvalue weighted by Crippen LogP contribution is 2.27. The monoisotopic (exact) mass is 267 g/mol. The van der Waals surface area contributed by atoms with Gasteiger partial charge in [-0.15, -0.1) is 0 Å². The van der Waals surface area contributed by atoms with E-state index in [4.69, 9.17) is 5.73 Å². The molecule has 1 unspecified atom stereocenters. The fourth-order valence-corrected chi connectivity index (χ4v) is 2.24. The van der Waals surface area contributed by atoms with Gasteiger partial charge in [0.05, 0.1) is 5.69 Å². The molecule has 0 aliphatic carbocycles. The maximum absolute atomic E-state index is 12.5. The third-order valence-corrected chi connectivity index (χ3v) is 3.20. The third kappa shape index (κ3) is 1.85. The van der Waals surface area contributed by atoms with Crippen LogP contribution in [0.4, 0.5) is 16.2 Å². The van der Waals surface area contributed by atoms with Crippen LogP contribution in [0.5, 0.6) is 0 Å². The summed E-state index contributed by atoms with van der Waals surface area (Å²) in [5.74, 6) is -0.426. The number of amides is 3. The summed E-state index contributed by atoms with van der Waals surface area (Å²) in [4.78, 5) is 27.1. The first-order chi connectivity index (χ1) is 9.70. The minimum atomic E-state index is -0.995. The van der Waals surface area contributed by atoms with Crippen molar-refractivity contribution >= 4 is 23.3 Å². The van der Waals surface area contributed by atoms with Crippen LogP contribution in [0, 0.1) is 0 Å². The average molecular weight is 267 g/mol. The molecule has 5 nitrogen and oxygen atoms in total. The number of para-hydroxylation sites is 2. The Morgan fingerprint density at radius 2 is 1.30 bits per heavy atom. The van der Waals surface area contributed by atoms with E-state index >= 15 is 0 Å². The molecule has 5 heteroatoms. The number of nitrogens with zero attached hydrogens (tertiary/aromatic N) is 2. The van der Waals surface area contributed by atoms with Gasteiger partial charge in [0.2, 0.25) is 0 Å². The lowest BCUT2D eigenvalue weighted by molar-refractivity contribution is -0.117.